The van der Waals surface area contributed by atoms with E-state index in [-0.39, 0.29) is 11.7 Å². The van der Waals surface area contributed by atoms with Crippen LogP contribution in [0, 0.1) is 0 Å². The van der Waals surface area contributed by atoms with Crippen LogP contribution in [-0.4, -0.2) is 40.6 Å². The molecule has 0 aliphatic heterocycles. The van der Waals surface area contributed by atoms with Crippen LogP contribution in [0.4, 0.5) is 0 Å². The number of rotatable bonds is 9. The van der Waals surface area contributed by atoms with E-state index in [9.17, 15) is 4.79 Å². The van der Waals surface area contributed by atoms with Crippen LogP contribution < -0.4 is 14.8 Å². The highest BCUT2D eigenvalue weighted by Gasteiger charge is 2.12. The lowest BCUT2D eigenvalue weighted by Gasteiger charge is -2.10. The highest BCUT2D eigenvalue weighted by Crippen LogP contribution is 2.27. The van der Waals surface area contributed by atoms with Crippen LogP contribution in [0.15, 0.2) is 40.9 Å². The molecule has 0 fully saturated rings. The predicted octanol–water partition coefficient (Wildman–Crippen LogP) is 2.89. The molecule has 1 N–H and O–H groups in total. The van der Waals surface area contributed by atoms with Crippen molar-refractivity contribution in [1.82, 2.24) is 20.1 Å². The highest BCUT2D eigenvalue weighted by atomic mass is 32.2. The fourth-order valence-electron chi connectivity index (χ4n) is 2.57. The first-order chi connectivity index (χ1) is 13.6. The summed E-state index contributed by atoms with van der Waals surface area (Å²) in [7, 11) is 5.10. The summed E-state index contributed by atoms with van der Waals surface area (Å²) in [6.07, 6.45) is 0.743. The van der Waals surface area contributed by atoms with Gasteiger partial charge in [0.15, 0.2) is 16.7 Å². The topological polar surface area (TPSA) is 78.3 Å². The number of hydrogen-bond acceptors (Lipinski definition) is 7. The summed E-state index contributed by atoms with van der Waals surface area (Å²) in [5.41, 5.74) is 0.938. The minimum Gasteiger partial charge on any atom is -0.493 e. The molecule has 148 valence electrons. The van der Waals surface area contributed by atoms with Crippen LogP contribution in [0.2, 0.25) is 0 Å². The maximum atomic E-state index is 12.2. The zero-order valence-corrected chi connectivity index (χ0v) is 17.6. The number of benzene rings is 1. The Morgan fingerprint density at radius 3 is 2.75 bits per heavy atom. The van der Waals surface area contributed by atoms with Gasteiger partial charge in [0.2, 0.25) is 5.91 Å². The van der Waals surface area contributed by atoms with Gasteiger partial charge in [-0.2, -0.15) is 0 Å². The molecule has 2 heterocycles. The van der Waals surface area contributed by atoms with Gasteiger partial charge in [-0.05, 0) is 29.1 Å². The number of amides is 1. The number of thiophene rings is 1. The van der Waals surface area contributed by atoms with Crippen molar-refractivity contribution in [2.24, 2.45) is 7.05 Å². The Morgan fingerprint density at radius 1 is 1.21 bits per heavy atom. The van der Waals surface area contributed by atoms with Crippen molar-refractivity contribution in [3.8, 4) is 11.5 Å². The summed E-state index contributed by atoms with van der Waals surface area (Å²) < 4.78 is 12.4. The van der Waals surface area contributed by atoms with Crippen LogP contribution in [0.1, 0.15) is 16.3 Å². The predicted molar refractivity (Wildman–Crippen MR) is 110 cm³/mol. The van der Waals surface area contributed by atoms with Gasteiger partial charge >= 0.3 is 0 Å². The summed E-state index contributed by atoms with van der Waals surface area (Å²) in [5.74, 6) is 2.39. The number of carbonyl (C=O) groups is 1. The summed E-state index contributed by atoms with van der Waals surface area (Å²) in [4.78, 5) is 13.4. The van der Waals surface area contributed by atoms with Gasteiger partial charge in [-0.1, -0.05) is 23.9 Å². The summed E-state index contributed by atoms with van der Waals surface area (Å²) in [6.45, 7) is 0.419. The van der Waals surface area contributed by atoms with E-state index in [0.29, 0.717) is 18.0 Å². The van der Waals surface area contributed by atoms with Crippen molar-refractivity contribution in [2.75, 3.05) is 20.0 Å². The standard InChI is InChI=1S/C19H22N4O3S2/c1-23-17(10-14-5-4-8-27-14)21-22-19(23)28-12-18(24)20-11-13-6-7-15(25-2)16(9-13)26-3/h4-9H,10-12H2,1-3H3,(H,20,24). The Morgan fingerprint density at radius 2 is 2.04 bits per heavy atom. The summed E-state index contributed by atoms with van der Waals surface area (Å²) in [6, 6.07) is 9.67. The Labute approximate surface area is 172 Å². The van der Waals surface area contributed by atoms with E-state index in [4.69, 9.17) is 9.47 Å². The fourth-order valence-corrected chi connectivity index (χ4v) is 4.03. The van der Waals surface area contributed by atoms with Gasteiger partial charge in [0.05, 0.1) is 20.0 Å². The number of ether oxygens (including phenoxy) is 2. The summed E-state index contributed by atoms with van der Waals surface area (Å²) >= 11 is 3.07. The van der Waals surface area contributed by atoms with E-state index in [1.54, 1.807) is 25.6 Å². The average Bonchev–Trinajstić information content (AvgIpc) is 3.35. The molecule has 0 aliphatic rings. The molecule has 0 saturated carbocycles. The third kappa shape index (κ3) is 5.05. The second-order valence-electron chi connectivity index (χ2n) is 5.97. The zero-order chi connectivity index (χ0) is 19.9. The van der Waals surface area contributed by atoms with E-state index in [2.05, 4.69) is 21.6 Å². The molecule has 0 bridgehead atoms. The normalized spacial score (nSPS) is 10.7. The molecule has 0 atom stereocenters. The molecule has 1 amide bonds. The van der Waals surface area contributed by atoms with Crippen LogP contribution in [0.3, 0.4) is 0 Å². The van der Waals surface area contributed by atoms with Crippen molar-refractivity contribution >= 4 is 29.0 Å². The molecule has 7 nitrogen and oxygen atoms in total. The third-order valence-electron chi connectivity index (χ3n) is 4.11. The van der Waals surface area contributed by atoms with Gasteiger partial charge < -0.3 is 19.4 Å². The Hall–Kier alpha value is -2.52. The zero-order valence-electron chi connectivity index (χ0n) is 16.0. The van der Waals surface area contributed by atoms with Crippen molar-refractivity contribution in [3.05, 3.63) is 52.0 Å². The number of thioether (sulfide) groups is 1. The quantitative estimate of drug-likeness (QED) is 0.539. The SMILES string of the molecule is COc1ccc(CNC(=O)CSc2nnc(Cc3cccs3)n2C)cc1OC. The average molecular weight is 419 g/mol. The Balaban J connectivity index is 1.50. The lowest BCUT2D eigenvalue weighted by atomic mass is 10.2. The lowest BCUT2D eigenvalue weighted by molar-refractivity contribution is -0.118. The second kappa shape index (κ2) is 9.61. The molecule has 28 heavy (non-hydrogen) atoms. The first-order valence-corrected chi connectivity index (χ1v) is 10.5. The first-order valence-electron chi connectivity index (χ1n) is 8.61. The van der Waals surface area contributed by atoms with Gasteiger partial charge in [-0.3, -0.25) is 4.79 Å². The molecule has 0 unspecified atom stereocenters. The molecule has 2 aromatic heterocycles. The number of methoxy groups -OCH3 is 2. The van der Waals surface area contributed by atoms with E-state index >= 15 is 0 Å². The number of carbonyl (C=O) groups excluding carboxylic acids is 1. The van der Waals surface area contributed by atoms with Crippen molar-refractivity contribution in [1.29, 1.82) is 0 Å². The molecule has 0 spiro atoms. The van der Waals surface area contributed by atoms with Gasteiger partial charge in [0, 0.05) is 24.9 Å². The Kier molecular flexibility index (Phi) is 6.94. The third-order valence-corrected chi connectivity index (χ3v) is 6.00. The largest absolute Gasteiger partial charge is 0.493 e. The fraction of sp³-hybridized carbons (Fsp3) is 0.316. The number of nitrogens with one attached hydrogen (secondary N) is 1. The first kappa shape index (κ1) is 20.2. The van der Waals surface area contributed by atoms with Crippen molar-refractivity contribution in [2.45, 2.75) is 18.1 Å². The molecule has 3 rings (SSSR count). The molecule has 3 aromatic rings. The molecule has 0 aliphatic carbocycles. The second-order valence-corrected chi connectivity index (χ2v) is 7.94. The molecule has 9 heteroatoms. The van der Waals surface area contributed by atoms with E-state index in [1.165, 1.54) is 16.6 Å². The highest BCUT2D eigenvalue weighted by molar-refractivity contribution is 7.99. The van der Waals surface area contributed by atoms with Gasteiger partial charge in [-0.15, -0.1) is 21.5 Å². The van der Waals surface area contributed by atoms with E-state index in [1.807, 2.05) is 41.3 Å². The van der Waals surface area contributed by atoms with Crippen LogP contribution in [-0.2, 0) is 24.8 Å². The monoisotopic (exact) mass is 418 g/mol. The number of hydrogen-bond donors (Lipinski definition) is 1. The van der Waals surface area contributed by atoms with Crippen LogP contribution in [0.5, 0.6) is 11.5 Å². The Bertz CT molecular complexity index is 925. The molecule has 0 radical (unpaired) electrons. The molecule has 0 saturated heterocycles. The maximum Gasteiger partial charge on any atom is 0.230 e. The lowest BCUT2D eigenvalue weighted by Crippen LogP contribution is -2.24. The van der Waals surface area contributed by atoms with E-state index < -0.39 is 0 Å². The maximum absolute atomic E-state index is 12.2. The minimum atomic E-state index is -0.0670. The molecular formula is C19H22N4O3S2. The molecular weight excluding hydrogens is 396 g/mol. The molecule has 1 aromatic carbocycles. The van der Waals surface area contributed by atoms with Gasteiger partial charge in [0.1, 0.15) is 5.82 Å². The van der Waals surface area contributed by atoms with Crippen LogP contribution in [0.25, 0.3) is 0 Å². The van der Waals surface area contributed by atoms with E-state index in [0.717, 1.165) is 23.0 Å². The van der Waals surface area contributed by atoms with Gasteiger partial charge in [0.25, 0.3) is 0 Å². The van der Waals surface area contributed by atoms with Gasteiger partial charge in [-0.25, -0.2) is 0 Å². The number of nitrogens with zero attached hydrogens (tertiary/aromatic N) is 3. The minimum absolute atomic E-state index is 0.0670. The van der Waals surface area contributed by atoms with Crippen molar-refractivity contribution < 1.29 is 14.3 Å². The number of aromatic nitrogens is 3. The van der Waals surface area contributed by atoms with Crippen LogP contribution >= 0.6 is 23.1 Å². The van der Waals surface area contributed by atoms with Crippen molar-refractivity contribution in [3.63, 3.8) is 0 Å². The smallest absolute Gasteiger partial charge is 0.230 e. The summed E-state index contributed by atoms with van der Waals surface area (Å²) in [5, 5.41) is 14.1.